The van der Waals surface area contributed by atoms with E-state index in [4.69, 9.17) is 0 Å². The highest BCUT2D eigenvalue weighted by Crippen LogP contribution is 2.26. The van der Waals surface area contributed by atoms with Gasteiger partial charge in [-0.1, -0.05) is 12.1 Å². The Labute approximate surface area is 122 Å². The lowest BCUT2D eigenvalue weighted by Gasteiger charge is -2.12. The predicted octanol–water partition coefficient (Wildman–Crippen LogP) is 1.50. The van der Waals surface area contributed by atoms with Crippen molar-refractivity contribution in [3.63, 3.8) is 0 Å². The molecule has 7 heteroatoms. The monoisotopic (exact) mass is 300 g/mol. The van der Waals surface area contributed by atoms with Crippen molar-refractivity contribution in [3.8, 4) is 0 Å². The molecule has 0 fully saturated rings. The number of hydrogen-bond acceptors (Lipinski definition) is 5. The summed E-state index contributed by atoms with van der Waals surface area (Å²) >= 11 is 0. The molecule has 0 saturated heterocycles. The van der Waals surface area contributed by atoms with E-state index in [0.29, 0.717) is 11.4 Å². The van der Waals surface area contributed by atoms with Gasteiger partial charge in [-0.25, -0.2) is 5.01 Å². The largest absolute Gasteiger partial charge is 0.285 e. The van der Waals surface area contributed by atoms with Crippen molar-refractivity contribution < 1.29 is 8.42 Å². The third-order valence-corrected chi connectivity index (χ3v) is 4.33. The van der Waals surface area contributed by atoms with Crippen LogP contribution in [0.25, 0.3) is 0 Å². The van der Waals surface area contributed by atoms with E-state index < -0.39 is 10.0 Å². The summed E-state index contributed by atoms with van der Waals surface area (Å²) in [5.41, 5.74) is 1.43. The van der Waals surface area contributed by atoms with Crippen LogP contribution in [0.4, 0.5) is 0 Å². The van der Waals surface area contributed by atoms with E-state index in [1.165, 1.54) is 5.01 Å². The molecule has 0 unspecified atom stereocenters. The second kappa shape index (κ2) is 5.10. The zero-order valence-electron chi connectivity index (χ0n) is 11.2. The first-order chi connectivity index (χ1) is 10.1. The molecule has 2 aromatic rings. The van der Waals surface area contributed by atoms with Crippen LogP contribution in [0.2, 0.25) is 0 Å². The smallest absolute Gasteiger partial charge is 0.265 e. The first kappa shape index (κ1) is 13.4. The zero-order chi connectivity index (χ0) is 14.9. The summed E-state index contributed by atoms with van der Waals surface area (Å²) in [5, 5.41) is 5.67. The molecule has 0 atom stereocenters. The maximum Gasteiger partial charge on any atom is 0.285 e. The SMILES string of the molecule is CN(N=Cc1ccncc1)C1=NS(=O)(=O)c2ccccc21. The van der Waals surface area contributed by atoms with Crippen molar-refractivity contribution >= 4 is 22.1 Å². The van der Waals surface area contributed by atoms with Gasteiger partial charge in [-0.2, -0.15) is 13.5 Å². The number of nitrogens with zero attached hydrogens (tertiary/aromatic N) is 4. The molecule has 0 saturated carbocycles. The first-order valence-corrected chi connectivity index (χ1v) is 7.64. The van der Waals surface area contributed by atoms with Crippen LogP contribution in [0.1, 0.15) is 11.1 Å². The van der Waals surface area contributed by atoms with Gasteiger partial charge in [0.1, 0.15) is 4.90 Å². The molecule has 1 aliphatic rings. The average Bonchev–Trinajstić information content (AvgIpc) is 2.78. The molecule has 1 aromatic heterocycles. The zero-order valence-corrected chi connectivity index (χ0v) is 12.0. The second-order valence-electron chi connectivity index (χ2n) is 4.43. The standard InChI is InChI=1S/C14H12N4O2S/c1-18(16-10-11-6-8-15-9-7-11)14-12-4-2-3-5-13(12)21(19,20)17-14/h2-10H,1H3. The van der Waals surface area contributed by atoms with Crippen LogP contribution in [0.5, 0.6) is 0 Å². The average molecular weight is 300 g/mol. The van der Waals surface area contributed by atoms with Gasteiger partial charge in [0.25, 0.3) is 10.0 Å². The number of amidine groups is 1. The lowest BCUT2D eigenvalue weighted by molar-refractivity contribution is 0.549. The van der Waals surface area contributed by atoms with Crippen molar-refractivity contribution in [1.29, 1.82) is 0 Å². The molecule has 0 bridgehead atoms. The van der Waals surface area contributed by atoms with Crippen LogP contribution in [0.3, 0.4) is 0 Å². The third kappa shape index (κ3) is 2.55. The van der Waals surface area contributed by atoms with Gasteiger partial charge in [-0.15, -0.1) is 4.40 Å². The maximum atomic E-state index is 12.0. The molecule has 0 spiro atoms. The summed E-state index contributed by atoms with van der Waals surface area (Å²) in [7, 11) is -1.96. The summed E-state index contributed by atoms with van der Waals surface area (Å²) in [6.45, 7) is 0. The predicted molar refractivity (Wildman–Crippen MR) is 79.8 cm³/mol. The Kier molecular flexibility index (Phi) is 3.26. The van der Waals surface area contributed by atoms with Gasteiger partial charge in [0, 0.05) is 25.0 Å². The van der Waals surface area contributed by atoms with E-state index >= 15 is 0 Å². The number of hydrogen-bond donors (Lipinski definition) is 0. The van der Waals surface area contributed by atoms with Crippen molar-refractivity contribution in [2.24, 2.45) is 9.50 Å². The molecular formula is C14H12N4O2S. The molecule has 0 amide bonds. The van der Waals surface area contributed by atoms with E-state index in [1.54, 1.807) is 62.1 Å². The summed E-state index contributed by atoms with van der Waals surface area (Å²) in [6.07, 6.45) is 4.94. The van der Waals surface area contributed by atoms with Gasteiger partial charge >= 0.3 is 0 Å². The minimum Gasteiger partial charge on any atom is -0.265 e. The third-order valence-electron chi connectivity index (χ3n) is 3.01. The molecule has 21 heavy (non-hydrogen) atoms. The van der Waals surface area contributed by atoms with Crippen LogP contribution in [-0.4, -0.2) is 37.5 Å². The Balaban J connectivity index is 1.93. The minimum absolute atomic E-state index is 0.214. The van der Waals surface area contributed by atoms with E-state index in [-0.39, 0.29) is 4.90 Å². The van der Waals surface area contributed by atoms with Crippen molar-refractivity contribution in [2.45, 2.75) is 4.90 Å². The molecule has 0 radical (unpaired) electrons. The molecule has 6 nitrogen and oxygen atoms in total. The Morgan fingerprint density at radius 2 is 1.86 bits per heavy atom. The van der Waals surface area contributed by atoms with Gasteiger partial charge in [-0.3, -0.25) is 4.98 Å². The van der Waals surface area contributed by atoms with Crippen LogP contribution in [-0.2, 0) is 10.0 Å². The lowest BCUT2D eigenvalue weighted by Crippen LogP contribution is -2.21. The normalized spacial score (nSPS) is 15.8. The van der Waals surface area contributed by atoms with Gasteiger partial charge in [0.15, 0.2) is 5.84 Å². The number of hydrazone groups is 1. The second-order valence-corrected chi connectivity index (χ2v) is 6.01. The van der Waals surface area contributed by atoms with Crippen molar-refractivity contribution in [1.82, 2.24) is 9.99 Å². The molecular weight excluding hydrogens is 288 g/mol. The molecule has 0 aliphatic carbocycles. The van der Waals surface area contributed by atoms with Gasteiger partial charge in [-0.05, 0) is 29.8 Å². The number of aromatic nitrogens is 1. The Morgan fingerprint density at radius 1 is 1.14 bits per heavy atom. The van der Waals surface area contributed by atoms with Crippen LogP contribution >= 0.6 is 0 Å². The maximum absolute atomic E-state index is 12.0. The van der Waals surface area contributed by atoms with Gasteiger partial charge in [0.05, 0.1) is 6.21 Å². The highest BCUT2D eigenvalue weighted by Gasteiger charge is 2.30. The molecule has 0 N–H and O–H groups in total. The molecule has 1 aromatic carbocycles. The molecule has 106 valence electrons. The fourth-order valence-electron chi connectivity index (χ4n) is 1.98. The highest BCUT2D eigenvalue weighted by molar-refractivity contribution is 7.90. The van der Waals surface area contributed by atoms with Crippen molar-refractivity contribution in [3.05, 3.63) is 59.9 Å². The Morgan fingerprint density at radius 3 is 2.62 bits per heavy atom. The summed E-state index contributed by atoms with van der Waals surface area (Å²) in [6, 6.07) is 10.3. The first-order valence-electron chi connectivity index (χ1n) is 6.20. The fourth-order valence-corrected chi connectivity index (χ4v) is 3.21. The Bertz CT molecular complexity index is 829. The number of sulfonamides is 1. The lowest BCUT2D eigenvalue weighted by atomic mass is 10.2. The van der Waals surface area contributed by atoms with Crippen molar-refractivity contribution in [2.75, 3.05) is 7.05 Å². The topological polar surface area (TPSA) is 75.0 Å². The highest BCUT2D eigenvalue weighted by atomic mass is 32.2. The fraction of sp³-hybridized carbons (Fsp3) is 0.0714. The van der Waals surface area contributed by atoms with Gasteiger partial charge < -0.3 is 0 Å². The van der Waals surface area contributed by atoms with E-state index in [1.807, 2.05) is 0 Å². The summed E-state index contributed by atoms with van der Waals surface area (Å²) in [5.74, 6) is 0.316. The number of rotatable bonds is 2. The van der Waals surface area contributed by atoms with E-state index in [9.17, 15) is 8.42 Å². The molecule has 1 aliphatic heterocycles. The molecule has 2 heterocycles. The van der Waals surface area contributed by atoms with E-state index in [0.717, 1.165) is 5.56 Å². The van der Waals surface area contributed by atoms with Crippen LogP contribution in [0.15, 0.2) is 63.2 Å². The number of fused-ring (bicyclic) bond motifs is 1. The number of benzene rings is 1. The minimum atomic E-state index is -3.62. The quantitative estimate of drug-likeness (QED) is 0.622. The molecule has 3 rings (SSSR count). The van der Waals surface area contributed by atoms with Gasteiger partial charge in [0.2, 0.25) is 0 Å². The summed E-state index contributed by atoms with van der Waals surface area (Å²) in [4.78, 5) is 4.13. The summed E-state index contributed by atoms with van der Waals surface area (Å²) < 4.78 is 27.7. The van der Waals surface area contributed by atoms with Crippen LogP contribution < -0.4 is 0 Å². The van der Waals surface area contributed by atoms with Crippen LogP contribution in [0, 0.1) is 0 Å². The Hall–Kier alpha value is -2.54. The number of pyridine rings is 1. The van der Waals surface area contributed by atoms with E-state index in [2.05, 4.69) is 14.5 Å².